The average Bonchev–Trinajstić information content (AvgIpc) is 3.32. The molecule has 122 valence electrons. The molecule has 0 unspecified atom stereocenters. The summed E-state index contributed by atoms with van der Waals surface area (Å²) in [6.07, 6.45) is 1.61. The molecule has 0 atom stereocenters. The van der Waals surface area contributed by atoms with Crippen molar-refractivity contribution in [2.75, 3.05) is 6.79 Å². The van der Waals surface area contributed by atoms with Crippen LogP contribution in [0.15, 0.2) is 47.1 Å². The van der Waals surface area contributed by atoms with E-state index in [-0.39, 0.29) is 12.7 Å². The van der Waals surface area contributed by atoms with Crippen LogP contribution in [0.4, 0.5) is 0 Å². The second-order valence-corrected chi connectivity index (χ2v) is 5.37. The lowest BCUT2D eigenvalue weighted by atomic mass is 10.2. The molecule has 0 aliphatic carbocycles. The number of hydrogen-bond acceptors (Lipinski definition) is 5. The smallest absolute Gasteiger partial charge is 0.251 e. The maximum absolute atomic E-state index is 12.3. The molecule has 1 aliphatic rings. The van der Waals surface area contributed by atoms with Crippen LogP contribution in [0.25, 0.3) is 11.5 Å². The molecule has 0 saturated heterocycles. The summed E-state index contributed by atoms with van der Waals surface area (Å²) in [5, 5.41) is 7.24. The maximum atomic E-state index is 12.3. The van der Waals surface area contributed by atoms with Gasteiger partial charge in [0.25, 0.3) is 5.91 Å². The molecular formula is C17H15N3O4. The summed E-state index contributed by atoms with van der Waals surface area (Å²) < 4.78 is 17.6. The summed E-state index contributed by atoms with van der Waals surface area (Å²) in [4.78, 5) is 12.3. The quantitative estimate of drug-likeness (QED) is 0.796. The lowest BCUT2D eigenvalue weighted by Crippen LogP contribution is -2.23. The Morgan fingerprint density at radius 2 is 2.12 bits per heavy atom. The van der Waals surface area contributed by atoms with Gasteiger partial charge < -0.3 is 19.2 Å². The molecule has 7 heteroatoms. The van der Waals surface area contributed by atoms with Gasteiger partial charge in [-0.2, -0.15) is 5.10 Å². The average molecular weight is 325 g/mol. The Bertz CT molecular complexity index is 883. The molecule has 1 N–H and O–H groups in total. The van der Waals surface area contributed by atoms with Gasteiger partial charge in [-0.3, -0.25) is 9.48 Å². The molecule has 1 aromatic carbocycles. The number of rotatable bonds is 4. The number of nitrogens with zero attached hydrogens (tertiary/aromatic N) is 2. The van der Waals surface area contributed by atoms with E-state index in [0.29, 0.717) is 23.6 Å². The van der Waals surface area contributed by atoms with Crippen LogP contribution in [0, 0.1) is 0 Å². The first-order valence-electron chi connectivity index (χ1n) is 7.45. The van der Waals surface area contributed by atoms with Crippen molar-refractivity contribution in [2.45, 2.75) is 6.54 Å². The fourth-order valence-electron chi connectivity index (χ4n) is 2.58. The van der Waals surface area contributed by atoms with Crippen molar-refractivity contribution in [3.8, 4) is 23.0 Å². The third-order valence-corrected chi connectivity index (χ3v) is 3.77. The van der Waals surface area contributed by atoms with Crippen molar-refractivity contribution in [1.82, 2.24) is 15.1 Å². The molecule has 0 fully saturated rings. The Kier molecular flexibility index (Phi) is 3.45. The molecule has 0 radical (unpaired) electrons. The molecule has 4 rings (SSSR count). The summed E-state index contributed by atoms with van der Waals surface area (Å²) in [7, 11) is 1.83. The number of aryl methyl sites for hydroxylation is 1. The van der Waals surface area contributed by atoms with Crippen molar-refractivity contribution in [2.24, 2.45) is 7.05 Å². The molecule has 0 spiro atoms. The predicted octanol–water partition coefficient (Wildman–Crippen LogP) is 2.34. The van der Waals surface area contributed by atoms with E-state index in [9.17, 15) is 4.79 Å². The Labute approximate surface area is 137 Å². The molecule has 0 bridgehead atoms. The number of aromatic nitrogens is 2. The van der Waals surface area contributed by atoms with E-state index in [0.717, 1.165) is 17.1 Å². The summed E-state index contributed by atoms with van der Waals surface area (Å²) in [6, 6.07) is 10.7. The van der Waals surface area contributed by atoms with Crippen LogP contribution in [-0.2, 0) is 13.6 Å². The molecule has 3 heterocycles. The fraction of sp³-hybridized carbons (Fsp3) is 0.176. The second kappa shape index (κ2) is 5.77. The largest absolute Gasteiger partial charge is 0.463 e. The zero-order valence-corrected chi connectivity index (χ0v) is 13.0. The first kappa shape index (κ1) is 14.4. The maximum Gasteiger partial charge on any atom is 0.251 e. The normalized spacial score (nSPS) is 12.4. The number of carbonyl (C=O) groups is 1. The highest BCUT2D eigenvalue weighted by molar-refractivity contribution is 5.94. The number of carbonyl (C=O) groups excluding carboxylic acids is 1. The van der Waals surface area contributed by atoms with Gasteiger partial charge in [-0.05, 0) is 36.4 Å². The molecule has 1 amide bonds. The number of ether oxygens (including phenoxy) is 2. The highest BCUT2D eigenvalue weighted by Crippen LogP contribution is 2.32. The van der Waals surface area contributed by atoms with Crippen LogP contribution in [0.2, 0.25) is 0 Å². The lowest BCUT2D eigenvalue weighted by molar-refractivity contribution is 0.0950. The topological polar surface area (TPSA) is 78.5 Å². The summed E-state index contributed by atoms with van der Waals surface area (Å²) in [5.74, 6) is 1.77. The first-order chi connectivity index (χ1) is 11.7. The minimum atomic E-state index is -0.196. The van der Waals surface area contributed by atoms with Crippen molar-refractivity contribution in [1.29, 1.82) is 0 Å². The third-order valence-electron chi connectivity index (χ3n) is 3.77. The highest BCUT2D eigenvalue weighted by Gasteiger charge is 2.16. The SMILES string of the molecule is Cn1nc(CNC(=O)c2ccc3c(c2)OCO3)cc1-c1ccco1. The van der Waals surface area contributed by atoms with E-state index in [4.69, 9.17) is 13.9 Å². The zero-order valence-electron chi connectivity index (χ0n) is 13.0. The number of hydrogen-bond donors (Lipinski definition) is 1. The van der Waals surface area contributed by atoms with Crippen molar-refractivity contribution < 1.29 is 18.7 Å². The van der Waals surface area contributed by atoms with Crippen LogP contribution in [-0.4, -0.2) is 22.5 Å². The molecule has 24 heavy (non-hydrogen) atoms. The van der Waals surface area contributed by atoms with E-state index in [1.165, 1.54) is 0 Å². The van der Waals surface area contributed by atoms with Crippen molar-refractivity contribution >= 4 is 5.91 Å². The number of fused-ring (bicyclic) bond motifs is 1. The number of furan rings is 1. The van der Waals surface area contributed by atoms with Crippen LogP contribution in [0.1, 0.15) is 16.1 Å². The molecule has 0 saturated carbocycles. The van der Waals surface area contributed by atoms with E-state index in [2.05, 4.69) is 10.4 Å². The summed E-state index contributed by atoms with van der Waals surface area (Å²) in [5.41, 5.74) is 2.12. The van der Waals surface area contributed by atoms with Gasteiger partial charge in [-0.15, -0.1) is 0 Å². The van der Waals surface area contributed by atoms with E-state index >= 15 is 0 Å². The number of nitrogens with one attached hydrogen (secondary N) is 1. The molecule has 2 aromatic heterocycles. The Hall–Kier alpha value is -3.22. The zero-order chi connectivity index (χ0) is 16.5. The van der Waals surface area contributed by atoms with Gasteiger partial charge in [-0.1, -0.05) is 0 Å². The van der Waals surface area contributed by atoms with Crippen molar-refractivity contribution in [3.05, 3.63) is 53.9 Å². The molecular weight excluding hydrogens is 310 g/mol. The summed E-state index contributed by atoms with van der Waals surface area (Å²) in [6.45, 7) is 0.506. The standard InChI is InChI=1S/C17H15N3O4/c1-20-13(14-3-2-6-22-14)8-12(19-20)9-18-17(21)11-4-5-15-16(7-11)24-10-23-15/h2-8H,9-10H2,1H3,(H,18,21). The minimum absolute atomic E-state index is 0.184. The van der Waals surface area contributed by atoms with Gasteiger partial charge in [0.2, 0.25) is 6.79 Å². The molecule has 3 aromatic rings. The van der Waals surface area contributed by atoms with Crippen molar-refractivity contribution in [3.63, 3.8) is 0 Å². The fourth-order valence-corrected chi connectivity index (χ4v) is 2.58. The first-order valence-corrected chi connectivity index (χ1v) is 7.45. The Balaban J connectivity index is 1.45. The predicted molar refractivity (Wildman–Crippen MR) is 84.6 cm³/mol. The van der Waals surface area contributed by atoms with Gasteiger partial charge in [0.1, 0.15) is 5.69 Å². The van der Waals surface area contributed by atoms with Gasteiger partial charge >= 0.3 is 0 Å². The second-order valence-electron chi connectivity index (χ2n) is 5.37. The van der Waals surface area contributed by atoms with Crippen LogP contribution in [0.3, 0.4) is 0 Å². The Morgan fingerprint density at radius 3 is 2.96 bits per heavy atom. The van der Waals surface area contributed by atoms with Crippen LogP contribution >= 0.6 is 0 Å². The molecule has 1 aliphatic heterocycles. The third kappa shape index (κ3) is 2.60. The van der Waals surface area contributed by atoms with Gasteiger partial charge in [0, 0.05) is 12.6 Å². The number of benzene rings is 1. The number of amides is 1. The Morgan fingerprint density at radius 1 is 1.25 bits per heavy atom. The lowest BCUT2D eigenvalue weighted by Gasteiger charge is -2.04. The minimum Gasteiger partial charge on any atom is -0.463 e. The van der Waals surface area contributed by atoms with Gasteiger partial charge in [0.15, 0.2) is 17.3 Å². The van der Waals surface area contributed by atoms with Gasteiger partial charge in [-0.25, -0.2) is 0 Å². The highest BCUT2D eigenvalue weighted by atomic mass is 16.7. The molecule has 7 nitrogen and oxygen atoms in total. The van der Waals surface area contributed by atoms with E-state index in [1.54, 1.807) is 29.1 Å². The summed E-state index contributed by atoms with van der Waals surface area (Å²) >= 11 is 0. The monoisotopic (exact) mass is 325 g/mol. The van der Waals surface area contributed by atoms with Gasteiger partial charge in [0.05, 0.1) is 18.5 Å². The van der Waals surface area contributed by atoms with Crippen LogP contribution < -0.4 is 14.8 Å². The van der Waals surface area contributed by atoms with Crippen LogP contribution in [0.5, 0.6) is 11.5 Å². The van der Waals surface area contributed by atoms with E-state index < -0.39 is 0 Å². The van der Waals surface area contributed by atoms with E-state index in [1.807, 2.05) is 25.2 Å².